The number of hydrogen-bond donors (Lipinski definition) is 0. The third-order valence-corrected chi connectivity index (χ3v) is 5.34. The van der Waals surface area contributed by atoms with Crippen molar-refractivity contribution in [2.45, 2.75) is 45.6 Å². The first-order chi connectivity index (χ1) is 13.7. The van der Waals surface area contributed by atoms with Gasteiger partial charge >= 0.3 is 0 Å². The molecule has 0 saturated carbocycles. The van der Waals surface area contributed by atoms with Gasteiger partial charge in [0.25, 0.3) is 11.8 Å². The Labute approximate surface area is 164 Å². The van der Waals surface area contributed by atoms with Gasteiger partial charge in [0.05, 0.1) is 23.5 Å². The lowest BCUT2D eigenvalue weighted by molar-refractivity contribution is 0.0652. The van der Waals surface area contributed by atoms with Crippen molar-refractivity contribution >= 4 is 11.8 Å². The van der Waals surface area contributed by atoms with E-state index < -0.39 is 0 Å². The number of likely N-dealkylation sites (tertiary alicyclic amines) is 1. The van der Waals surface area contributed by atoms with Gasteiger partial charge in [-0.1, -0.05) is 19.8 Å². The molecule has 0 unspecified atom stereocenters. The second-order valence-electron chi connectivity index (χ2n) is 7.50. The minimum Gasteiger partial charge on any atom is -0.358 e. The fraction of sp³-hybridized carbons (Fsp3) is 0.476. The first-order valence-electron chi connectivity index (χ1n) is 10.1. The maximum Gasteiger partial charge on any atom is 0.261 e. The molecule has 3 heterocycles. The summed E-state index contributed by atoms with van der Waals surface area (Å²) in [4.78, 5) is 35.9. The molecule has 0 atom stereocenters. The van der Waals surface area contributed by atoms with Crippen LogP contribution in [0.15, 0.2) is 30.6 Å². The predicted molar refractivity (Wildman–Crippen MR) is 104 cm³/mol. The monoisotopic (exact) mass is 382 g/mol. The molecule has 7 nitrogen and oxygen atoms in total. The van der Waals surface area contributed by atoms with E-state index in [2.05, 4.69) is 10.00 Å². The van der Waals surface area contributed by atoms with Crippen LogP contribution in [0.2, 0.25) is 0 Å². The molecule has 0 radical (unpaired) electrons. The summed E-state index contributed by atoms with van der Waals surface area (Å²) in [6.07, 6.45) is 9.23. The van der Waals surface area contributed by atoms with E-state index in [1.54, 1.807) is 18.2 Å². The number of amides is 2. The van der Waals surface area contributed by atoms with Crippen molar-refractivity contribution in [3.8, 4) is 5.75 Å². The molecule has 0 bridgehead atoms. The Bertz CT molecular complexity index is 870. The van der Waals surface area contributed by atoms with Crippen molar-refractivity contribution in [2.75, 3.05) is 19.6 Å². The number of fused-ring (bicyclic) bond motifs is 1. The number of aromatic nitrogens is 2. The molecule has 28 heavy (non-hydrogen) atoms. The molecular weight excluding hydrogens is 356 g/mol. The number of hydrogen-bond acceptors (Lipinski definition) is 5. The van der Waals surface area contributed by atoms with Gasteiger partial charge in [-0.05, 0) is 50.6 Å². The molecule has 4 rings (SSSR count). The Balaban J connectivity index is 1.44. The van der Waals surface area contributed by atoms with Gasteiger partial charge in [0, 0.05) is 18.7 Å². The molecular formula is C21H26N4O3. The molecule has 2 amide bonds. The van der Waals surface area contributed by atoms with E-state index in [1.165, 1.54) is 29.0 Å². The van der Waals surface area contributed by atoms with E-state index in [-0.39, 0.29) is 11.8 Å². The van der Waals surface area contributed by atoms with Crippen molar-refractivity contribution < 1.29 is 14.4 Å². The number of piperidine rings is 1. The molecule has 2 aromatic rings. The minimum atomic E-state index is -0.245. The molecule has 0 aliphatic carbocycles. The molecule has 2 aliphatic rings. The highest BCUT2D eigenvalue weighted by Gasteiger charge is 2.35. The average molecular weight is 382 g/mol. The zero-order valence-electron chi connectivity index (χ0n) is 16.3. The Hall–Kier alpha value is -2.67. The van der Waals surface area contributed by atoms with Gasteiger partial charge in [-0.25, -0.2) is 0 Å². The van der Waals surface area contributed by atoms with Crippen molar-refractivity contribution in [2.24, 2.45) is 0 Å². The molecule has 7 heteroatoms. The third-order valence-electron chi connectivity index (χ3n) is 5.34. The van der Waals surface area contributed by atoms with Crippen molar-refractivity contribution in [3.05, 3.63) is 47.3 Å². The van der Waals surface area contributed by atoms with E-state index in [9.17, 15) is 9.59 Å². The Morgan fingerprint density at radius 3 is 2.64 bits per heavy atom. The van der Waals surface area contributed by atoms with Crippen LogP contribution >= 0.6 is 0 Å². The van der Waals surface area contributed by atoms with E-state index in [0.29, 0.717) is 23.4 Å². The fourth-order valence-electron chi connectivity index (χ4n) is 3.80. The molecule has 1 aromatic heterocycles. The minimum absolute atomic E-state index is 0.220. The van der Waals surface area contributed by atoms with E-state index in [1.807, 2.05) is 19.3 Å². The highest BCUT2D eigenvalue weighted by molar-refractivity contribution is 6.21. The summed E-state index contributed by atoms with van der Waals surface area (Å²) < 4.78 is 0. The van der Waals surface area contributed by atoms with Gasteiger partial charge in [0.2, 0.25) is 0 Å². The molecule has 1 saturated heterocycles. The molecule has 2 aliphatic heterocycles. The fourth-order valence-corrected chi connectivity index (χ4v) is 3.80. The van der Waals surface area contributed by atoms with Crippen molar-refractivity contribution in [1.29, 1.82) is 0 Å². The number of carbonyl (C=O) groups is 2. The number of unbranched alkanes of at least 4 members (excludes halogenated alkanes) is 1. The lowest BCUT2D eigenvalue weighted by atomic mass is 10.1. The lowest BCUT2D eigenvalue weighted by Gasteiger charge is -2.25. The van der Waals surface area contributed by atoms with Gasteiger partial charge in [-0.2, -0.15) is 0 Å². The quantitative estimate of drug-likeness (QED) is 0.689. The number of imide groups is 1. The van der Waals surface area contributed by atoms with Crippen LogP contribution in [-0.4, -0.2) is 51.2 Å². The van der Waals surface area contributed by atoms with Crippen LogP contribution in [0.1, 0.15) is 65.3 Å². The third kappa shape index (κ3) is 3.80. The van der Waals surface area contributed by atoms with Crippen LogP contribution in [0, 0.1) is 0 Å². The predicted octanol–water partition coefficient (Wildman–Crippen LogP) is 3.11. The highest BCUT2D eigenvalue weighted by Crippen LogP contribution is 2.27. The summed E-state index contributed by atoms with van der Waals surface area (Å²) >= 11 is 0. The maximum absolute atomic E-state index is 12.6. The van der Waals surface area contributed by atoms with Crippen LogP contribution in [0.3, 0.4) is 0 Å². The normalized spacial score (nSPS) is 17.2. The van der Waals surface area contributed by atoms with Gasteiger partial charge in [0.15, 0.2) is 5.75 Å². The summed E-state index contributed by atoms with van der Waals surface area (Å²) in [6, 6.07) is 5.00. The Kier molecular flexibility index (Phi) is 5.43. The zero-order valence-corrected chi connectivity index (χ0v) is 16.3. The standard InChI is InChI=1S/C21H26N4O3/c1-2-3-11-24-20(26)18-8-7-17(12-19(18)21(24)27)28-25-15-16(13-22-25)14-23-9-5-4-6-10-23/h7-8,12-13,15H,2-6,9-11,14H2,1H3. The smallest absolute Gasteiger partial charge is 0.261 e. The summed E-state index contributed by atoms with van der Waals surface area (Å²) in [5, 5.41) is 4.27. The van der Waals surface area contributed by atoms with E-state index in [4.69, 9.17) is 4.84 Å². The molecule has 0 spiro atoms. The summed E-state index contributed by atoms with van der Waals surface area (Å²) in [7, 11) is 0. The van der Waals surface area contributed by atoms with Crippen LogP contribution in [0.4, 0.5) is 0 Å². The topological polar surface area (TPSA) is 67.7 Å². The van der Waals surface area contributed by atoms with Crippen LogP contribution in [-0.2, 0) is 6.54 Å². The molecule has 148 valence electrons. The summed E-state index contributed by atoms with van der Waals surface area (Å²) in [6.45, 7) is 5.61. The van der Waals surface area contributed by atoms with Gasteiger partial charge in [0.1, 0.15) is 0 Å². The number of nitrogens with zero attached hydrogens (tertiary/aromatic N) is 4. The second kappa shape index (κ2) is 8.14. The molecule has 0 N–H and O–H groups in total. The van der Waals surface area contributed by atoms with Gasteiger partial charge < -0.3 is 4.84 Å². The first kappa shape index (κ1) is 18.7. The number of rotatable bonds is 7. The average Bonchev–Trinajstić information content (AvgIpc) is 3.24. The number of carbonyl (C=O) groups excluding carboxylic acids is 2. The van der Waals surface area contributed by atoms with E-state index >= 15 is 0 Å². The van der Waals surface area contributed by atoms with E-state index in [0.717, 1.165) is 38.0 Å². The van der Waals surface area contributed by atoms with Crippen molar-refractivity contribution in [1.82, 2.24) is 19.7 Å². The van der Waals surface area contributed by atoms with Crippen molar-refractivity contribution in [3.63, 3.8) is 0 Å². The second-order valence-corrected chi connectivity index (χ2v) is 7.50. The zero-order chi connectivity index (χ0) is 19.5. The summed E-state index contributed by atoms with van der Waals surface area (Å²) in [5.41, 5.74) is 1.94. The van der Waals surface area contributed by atoms with Crippen LogP contribution in [0.5, 0.6) is 5.75 Å². The SMILES string of the molecule is CCCCN1C(=O)c2ccc(On3cc(CN4CCCCC4)cn3)cc2C1=O. The summed E-state index contributed by atoms with van der Waals surface area (Å²) in [5.74, 6) is 0.0259. The Morgan fingerprint density at radius 2 is 1.86 bits per heavy atom. The Morgan fingerprint density at radius 1 is 1.07 bits per heavy atom. The van der Waals surface area contributed by atoms with Crippen LogP contribution < -0.4 is 4.84 Å². The first-order valence-corrected chi connectivity index (χ1v) is 10.1. The highest BCUT2D eigenvalue weighted by atomic mass is 16.7. The number of benzene rings is 1. The van der Waals surface area contributed by atoms with Gasteiger partial charge in [-0.3, -0.25) is 19.4 Å². The van der Waals surface area contributed by atoms with Crippen LogP contribution in [0.25, 0.3) is 0 Å². The molecule has 1 aromatic carbocycles. The lowest BCUT2D eigenvalue weighted by Crippen LogP contribution is -2.30. The van der Waals surface area contributed by atoms with Gasteiger partial charge in [-0.15, -0.1) is 9.94 Å². The largest absolute Gasteiger partial charge is 0.358 e. The maximum atomic E-state index is 12.6. The molecule has 1 fully saturated rings.